The molecule has 0 amide bonds. The van der Waals surface area contributed by atoms with E-state index in [-0.39, 0.29) is 0 Å². The van der Waals surface area contributed by atoms with Crippen LogP contribution in [-0.4, -0.2) is 43.4 Å². The Morgan fingerprint density at radius 2 is 2.28 bits per heavy atom. The van der Waals surface area contributed by atoms with Gasteiger partial charge in [0.15, 0.2) is 0 Å². The fourth-order valence-electron chi connectivity index (χ4n) is 1.75. The Labute approximate surface area is 109 Å². The molecule has 0 unspecified atom stereocenters. The minimum Gasteiger partial charge on any atom is -0.381 e. The van der Waals surface area contributed by atoms with Gasteiger partial charge in [-0.15, -0.1) is 0 Å². The highest BCUT2D eigenvalue weighted by Crippen LogP contribution is 2.15. The topological polar surface area (TPSA) is 47.4 Å². The molecule has 102 valence electrons. The lowest BCUT2D eigenvalue weighted by atomic mass is 10.3. The largest absolute Gasteiger partial charge is 0.381 e. The Bertz CT molecular complexity index is 361. The van der Waals surface area contributed by atoms with Crippen LogP contribution in [0.4, 0.5) is 5.82 Å². The Kier molecular flexibility index (Phi) is 6.43. The number of rotatable bonds is 9. The van der Waals surface area contributed by atoms with Gasteiger partial charge in [-0.25, -0.2) is 4.68 Å². The van der Waals surface area contributed by atoms with Crippen LogP contribution in [0.15, 0.2) is 6.07 Å². The molecule has 1 rings (SSSR count). The minimum atomic E-state index is 0.584. The van der Waals surface area contributed by atoms with E-state index < -0.39 is 0 Å². The predicted molar refractivity (Wildman–Crippen MR) is 72.0 cm³/mol. The van der Waals surface area contributed by atoms with E-state index in [1.807, 2.05) is 30.6 Å². The fraction of sp³-hybridized carbons (Fsp3) is 0.692. The smallest absolute Gasteiger partial charge is 0.126 e. The summed E-state index contributed by atoms with van der Waals surface area (Å²) in [7, 11) is 4.00. The summed E-state index contributed by atoms with van der Waals surface area (Å²) < 4.78 is 7.30. The molecule has 5 nitrogen and oxygen atoms in total. The molecule has 0 radical (unpaired) electrons. The molecule has 0 fully saturated rings. The van der Waals surface area contributed by atoms with Gasteiger partial charge < -0.3 is 14.4 Å². The number of hydrogen-bond acceptors (Lipinski definition) is 4. The van der Waals surface area contributed by atoms with E-state index in [0.717, 1.165) is 43.8 Å². The highest BCUT2D eigenvalue weighted by Gasteiger charge is 2.09. The van der Waals surface area contributed by atoms with Crippen LogP contribution < -0.4 is 4.90 Å². The Balaban J connectivity index is 2.64. The van der Waals surface area contributed by atoms with Crippen molar-refractivity contribution < 1.29 is 9.53 Å². The Hall–Kier alpha value is -1.36. The van der Waals surface area contributed by atoms with E-state index in [2.05, 4.69) is 11.2 Å². The molecule has 0 aliphatic rings. The number of anilines is 1. The zero-order chi connectivity index (χ0) is 13.4. The standard InChI is InChI=1S/C13H23N3O2/c1-4-18-10-7-12-11-13(15(2)3)16(14-12)8-5-6-9-17/h9,11H,4-8,10H2,1-3H3. The fourth-order valence-corrected chi connectivity index (χ4v) is 1.75. The molecule has 0 saturated heterocycles. The monoisotopic (exact) mass is 253 g/mol. The molecule has 0 aliphatic heterocycles. The molecule has 0 bridgehead atoms. The van der Waals surface area contributed by atoms with Crippen LogP contribution in [0.3, 0.4) is 0 Å². The highest BCUT2D eigenvalue weighted by atomic mass is 16.5. The van der Waals surface area contributed by atoms with Crippen molar-refractivity contribution in [1.29, 1.82) is 0 Å². The van der Waals surface area contributed by atoms with E-state index in [9.17, 15) is 4.79 Å². The first-order valence-electron chi connectivity index (χ1n) is 6.44. The third kappa shape index (κ3) is 4.49. The Morgan fingerprint density at radius 1 is 1.50 bits per heavy atom. The van der Waals surface area contributed by atoms with Gasteiger partial charge in [-0.1, -0.05) is 0 Å². The first-order chi connectivity index (χ1) is 8.69. The Morgan fingerprint density at radius 3 is 2.89 bits per heavy atom. The molecule has 0 N–H and O–H groups in total. The number of aldehydes is 1. The van der Waals surface area contributed by atoms with E-state index in [1.165, 1.54) is 0 Å². The first-order valence-corrected chi connectivity index (χ1v) is 6.44. The summed E-state index contributed by atoms with van der Waals surface area (Å²) in [4.78, 5) is 12.4. The predicted octanol–water partition coefficient (Wildman–Crippen LogP) is 1.51. The zero-order valence-corrected chi connectivity index (χ0v) is 11.6. The SMILES string of the molecule is CCOCCc1cc(N(C)C)n(CCCC=O)n1. The number of carbonyl (C=O) groups is 1. The van der Waals surface area contributed by atoms with Gasteiger partial charge in [-0.2, -0.15) is 5.10 Å². The molecule has 0 spiro atoms. The van der Waals surface area contributed by atoms with Crippen LogP contribution >= 0.6 is 0 Å². The van der Waals surface area contributed by atoms with Crippen LogP contribution in [0.1, 0.15) is 25.5 Å². The molecule has 0 aliphatic carbocycles. The molecule has 1 aromatic heterocycles. The number of unbranched alkanes of at least 4 members (excludes halogenated alkanes) is 1. The van der Waals surface area contributed by atoms with Gasteiger partial charge in [0.05, 0.1) is 12.3 Å². The molecule has 0 atom stereocenters. The summed E-state index contributed by atoms with van der Waals surface area (Å²) in [5.74, 6) is 1.08. The summed E-state index contributed by atoms with van der Waals surface area (Å²) >= 11 is 0. The van der Waals surface area contributed by atoms with Crippen LogP contribution in [0.25, 0.3) is 0 Å². The second-order valence-corrected chi connectivity index (χ2v) is 4.37. The third-order valence-corrected chi connectivity index (χ3v) is 2.67. The molecule has 5 heteroatoms. The molecule has 1 aromatic rings. The average molecular weight is 253 g/mol. The maximum Gasteiger partial charge on any atom is 0.126 e. The molecule has 0 aromatic carbocycles. The second kappa shape index (κ2) is 7.87. The lowest BCUT2D eigenvalue weighted by Crippen LogP contribution is -2.15. The van der Waals surface area contributed by atoms with Crippen LogP contribution in [0.5, 0.6) is 0 Å². The van der Waals surface area contributed by atoms with Crippen molar-refractivity contribution in [3.8, 4) is 0 Å². The first kappa shape index (κ1) is 14.7. The summed E-state index contributed by atoms with van der Waals surface area (Å²) in [6, 6.07) is 2.08. The number of ether oxygens (including phenoxy) is 1. The van der Waals surface area contributed by atoms with Gasteiger partial charge in [0.25, 0.3) is 0 Å². The van der Waals surface area contributed by atoms with Crippen molar-refractivity contribution in [2.45, 2.75) is 32.7 Å². The van der Waals surface area contributed by atoms with Crippen LogP contribution in [0.2, 0.25) is 0 Å². The van der Waals surface area contributed by atoms with Crippen molar-refractivity contribution in [3.63, 3.8) is 0 Å². The number of nitrogens with zero attached hydrogens (tertiary/aromatic N) is 3. The molecule has 0 saturated carbocycles. The van der Waals surface area contributed by atoms with Crippen molar-refractivity contribution in [3.05, 3.63) is 11.8 Å². The maximum absolute atomic E-state index is 10.3. The van der Waals surface area contributed by atoms with Gasteiger partial charge in [0.2, 0.25) is 0 Å². The molecule has 18 heavy (non-hydrogen) atoms. The normalized spacial score (nSPS) is 10.6. The number of carbonyl (C=O) groups excluding carboxylic acids is 1. The second-order valence-electron chi connectivity index (χ2n) is 4.37. The number of aromatic nitrogens is 2. The molecule has 1 heterocycles. The van der Waals surface area contributed by atoms with Crippen LogP contribution in [0, 0.1) is 0 Å². The number of hydrogen-bond donors (Lipinski definition) is 0. The van der Waals surface area contributed by atoms with Gasteiger partial charge in [0, 0.05) is 46.2 Å². The van der Waals surface area contributed by atoms with Crippen molar-refractivity contribution in [2.24, 2.45) is 0 Å². The van der Waals surface area contributed by atoms with E-state index >= 15 is 0 Å². The average Bonchev–Trinajstić information content (AvgIpc) is 2.73. The van der Waals surface area contributed by atoms with E-state index in [4.69, 9.17) is 4.74 Å². The van der Waals surface area contributed by atoms with Crippen LogP contribution in [-0.2, 0) is 22.5 Å². The summed E-state index contributed by atoms with van der Waals surface area (Å²) in [6.45, 7) is 4.21. The zero-order valence-electron chi connectivity index (χ0n) is 11.6. The van der Waals surface area contributed by atoms with Gasteiger partial charge in [-0.3, -0.25) is 0 Å². The highest BCUT2D eigenvalue weighted by molar-refractivity contribution is 5.49. The summed E-state index contributed by atoms with van der Waals surface area (Å²) in [5.41, 5.74) is 1.04. The minimum absolute atomic E-state index is 0.584. The summed E-state index contributed by atoms with van der Waals surface area (Å²) in [6.07, 6.45) is 3.20. The van der Waals surface area contributed by atoms with Crippen molar-refractivity contribution in [2.75, 3.05) is 32.2 Å². The van der Waals surface area contributed by atoms with E-state index in [1.54, 1.807) is 0 Å². The lowest BCUT2D eigenvalue weighted by molar-refractivity contribution is -0.107. The lowest BCUT2D eigenvalue weighted by Gasteiger charge is -2.13. The number of aryl methyl sites for hydroxylation is 1. The van der Waals surface area contributed by atoms with E-state index in [0.29, 0.717) is 13.0 Å². The third-order valence-electron chi connectivity index (χ3n) is 2.67. The van der Waals surface area contributed by atoms with Gasteiger partial charge >= 0.3 is 0 Å². The molecular weight excluding hydrogens is 230 g/mol. The van der Waals surface area contributed by atoms with Crippen molar-refractivity contribution in [1.82, 2.24) is 9.78 Å². The molecular formula is C13H23N3O2. The summed E-state index contributed by atoms with van der Waals surface area (Å²) in [5, 5.41) is 4.55. The van der Waals surface area contributed by atoms with Gasteiger partial charge in [0.1, 0.15) is 12.1 Å². The maximum atomic E-state index is 10.3. The van der Waals surface area contributed by atoms with Gasteiger partial charge in [-0.05, 0) is 13.3 Å². The van der Waals surface area contributed by atoms with Crippen molar-refractivity contribution >= 4 is 12.1 Å². The quantitative estimate of drug-likeness (QED) is 0.494.